The number of carboxylic acid groups (broad SMARTS) is 2. The van der Waals surface area contributed by atoms with Crippen molar-refractivity contribution in [3.8, 4) is 0 Å². The summed E-state index contributed by atoms with van der Waals surface area (Å²) >= 11 is 0. The van der Waals surface area contributed by atoms with Gasteiger partial charge in [0.2, 0.25) is 0 Å². The minimum atomic E-state index is -1.26. The zero-order valence-corrected chi connectivity index (χ0v) is 14.9. The van der Waals surface area contributed by atoms with E-state index in [0.29, 0.717) is 17.7 Å². The van der Waals surface area contributed by atoms with Crippen molar-refractivity contribution in [2.45, 2.75) is 13.8 Å². The molecule has 0 aliphatic heterocycles. The molecule has 2 N–H and O–H groups in total. The highest BCUT2D eigenvalue weighted by molar-refractivity contribution is 6.01. The number of carboxylic acids is 2. The number of esters is 2. The van der Waals surface area contributed by atoms with Gasteiger partial charge < -0.3 is 14.9 Å². The maximum absolute atomic E-state index is 11.5. The van der Waals surface area contributed by atoms with Crippen molar-refractivity contribution in [3.05, 3.63) is 77.9 Å². The Labute approximate surface area is 156 Å². The fourth-order valence-corrected chi connectivity index (χ4v) is 1.33. The lowest BCUT2D eigenvalue weighted by Crippen LogP contribution is -2.13. The van der Waals surface area contributed by atoms with Gasteiger partial charge in [-0.3, -0.25) is 0 Å². The summed E-state index contributed by atoms with van der Waals surface area (Å²) in [4.78, 5) is 41.8. The molecule has 1 rings (SSSR count). The van der Waals surface area contributed by atoms with Crippen LogP contribution in [0, 0.1) is 0 Å². The first-order valence-corrected chi connectivity index (χ1v) is 7.59. The van der Waals surface area contributed by atoms with Crippen LogP contribution >= 0.6 is 0 Å². The van der Waals surface area contributed by atoms with Crippen LogP contribution in [0.4, 0.5) is 0 Å². The Morgan fingerprint density at radius 1 is 0.926 bits per heavy atom. The third kappa shape index (κ3) is 12.3. The second kappa shape index (κ2) is 12.6. The van der Waals surface area contributed by atoms with Gasteiger partial charge in [0.25, 0.3) is 0 Å². The number of carbonyl (C=O) groups excluding carboxylic acids is 2. The number of carbonyl (C=O) groups is 4. The Kier molecular flexibility index (Phi) is 10.9. The van der Waals surface area contributed by atoms with E-state index in [9.17, 15) is 19.2 Å². The maximum atomic E-state index is 11.5. The Hall–Kier alpha value is -3.74. The number of hydrogen-bond donors (Lipinski definition) is 2. The van der Waals surface area contributed by atoms with E-state index >= 15 is 0 Å². The number of rotatable bonds is 6. The average Bonchev–Trinajstić information content (AvgIpc) is 2.61. The molecule has 0 aliphatic rings. The van der Waals surface area contributed by atoms with Gasteiger partial charge in [-0.25, -0.2) is 19.2 Å². The van der Waals surface area contributed by atoms with Crippen molar-refractivity contribution in [2.24, 2.45) is 0 Å². The molecule has 0 fully saturated rings. The molecular weight excluding hydrogens is 352 g/mol. The number of allylic oxidation sites excluding steroid dienone is 2. The minimum absolute atomic E-state index is 0.195. The van der Waals surface area contributed by atoms with Crippen LogP contribution in [0.25, 0.3) is 6.08 Å². The molecular formula is C20H20O7. The highest BCUT2D eigenvalue weighted by Gasteiger charge is 2.11. The first-order valence-electron chi connectivity index (χ1n) is 7.59. The average molecular weight is 372 g/mol. The molecule has 0 unspecified atom stereocenters. The van der Waals surface area contributed by atoms with E-state index in [4.69, 9.17) is 10.2 Å². The standard InChI is InChI=1S/C16H16O3.C4H4O4/c1-12(2)15(17)19-16(18)13(3)8-7-11-14-9-5-4-6-10-14;5-3(6)1-2-4(7)8/h4-11H,1H2,2-3H3;1-2H,(H,5,6)(H,7,8)/b;2-1-. The van der Waals surface area contributed by atoms with Crippen molar-refractivity contribution in [3.63, 3.8) is 0 Å². The van der Waals surface area contributed by atoms with Crippen molar-refractivity contribution >= 4 is 30.0 Å². The van der Waals surface area contributed by atoms with Gasteiger partial charge in [0.15, 0.2) is 0 Å². The van der Waals surface area contributed by atoms with Crippen molar-refractivity contribution in [1.82, 2.24) is 0 Å². The summed E-state index contributed by atoms with van der Waals surface area (Å²) in [6.07, 6.45) is 6.31. The Balaban J connectivity index is 0.000000713. The van der Waals surface area contributed by atoms with Crippen LogP contribution in [0.5, 0.6) is 0 Å². The predicted molar refractivity (Wildman–Crippen MR) is 99.6 cm³/mol. The first kappa shape index (κ1) is 23.3. The summed E-state index contributed by atoms with van der Waals surface area (Å²) in [5, 5.41) is 15.6. The third-order valence-electron chi connectivity index (χ3n) is 2.66. The molecule has 0 atom stereocenters. The molecule has 7 heteroatoms. The van der Waals surface area contributed by atoms with Crippen LogP contribution in [-0.4, -0.2) is 34.1 Å². The molecule has 0 saturated carbocycles. The Morgan fingerprint density at radius 2 is 1.44 bits per heavy atom. The molecule has 0 spiro atoms. The summed E-state index contributed by atoms with van der Waals surface area (Å²) in [5.41, 5.74) is 1.57. The summed E-state index contributed by atoms with van der Waals surface area (Å²) in [5.74, 6) is -3.88. The highest BCUT2D eigenvalue weighted by atomic mass is 16.6. The Bertz CT molecular complexity index is 768. The fraction of sp³-hybridized carbons (Fsp3) is 0.100. The van der Waals surface area contributed by atoms with Crippen molar-refractivity contribution in [1.29, 1.82) is 0 Å². The maximum Gasteiger partial charge on any atom is 0.341 e. The van der Waals surface area contributed by atoms with Crippen LogP contribution < -0.4 is 0 Å². The van der Waals surface area contributed by atoms with E-state index in [1.54, 1.807) is 19.1 Å². The molecule has 0 aromatic heterocycles. The fourth-order valence-electron chi connectivity index (χ4n) is 1.33. The quantitative estimate of drug-likeness (QED) is 0.341. The van der Waals surface area contributed by atoms with E-state index in [2.05, 4.69) is 11.3 Å². The minimum Gasteiger partial charge on any atom is -0.478 e. The summed E-state index contributed by atoms with van der Waals surface area (Å²) in [6, 6.07) is 9.68. The van der Waals surface area contributed by atoms with Gasteiger partial charge >= 0.3 is 23.9 Å². The lowest BCUT2D eigenvalue weighted by molar-refractivity contribution is -0.154. The molecule has 1 aromatic carbocycles. The second-order valence-corrected chi connectivity index (χ2v) is 5.09. The normalized spacial score (nSPS) is 10.8. The van der Waals surface area contributed by atoms with E-state index < -0.39 is 23.9 Å². The van der Waals surface area contributed by atoms with E-state index in [-0.39, 0.29) is 5.57 Å². The van der Waals surface area contributed by atoms with Gasteiger partial charge in [-0.1, -0.05) is 55.1 Å². The molecule has 1 aromatic rings. The van der Waals surface area contributed by atoms with Crippen LogP contribution in [0.15, 0.2) is 72.4 Å². The third-order valence-corrected chi connectivity index (χ3v) is 2.66. The molecule has 0 radical (unpaired) electrons. The van der Waals surface area contributed by atoms with Crippen molar-refractivity contribution < 1.29 is 34.1 Å². The van der Waals surface area contributed by atoms with Crippen LogP contribution in [-0.2, 0) is 23.9 Å². The summed E-state index contributed by atoms with van der Waals surface area (Å²) in [7, 11) is 0. The summed E-state index contributed by atoms with van der Waals surface area (Å²) in [6.45, 7) is 6.49. The monoisotopic (exact) mass is 372 g/mol. The Morgan fingerprint density at radius 3 is 1.89 bits per heavy atom. The molecule has 0 saturated heterocycles. The number of aliphatic carboxylic acids is 2. The highest BCUT2D eigenvalue weighted by Crippen LogP contribution is 2.04. The van der Waals surface area contributed by atoms with E-state index in [1.165, 1.54) is 6.92 Å². The smallest absolute Gasteiger partial charge is 0.341 e. The van der Waals surface area contributed by atoms with E-state index in [0.717, 1.165) is 5.56 Å². The molecule has 142 valence electrons. The second-order valence-electron chi connectivity index (χ2n) is 5.09. The summed E-state index contributed by atoms with van der Waals surface area (Å²) < 4.78 is 4.60. The van der Waals surface area contributed by atoms with E-state index in [1.807, 2.05) is 36.4 Å². The van der Waals surface area contributed by atoms with Crippen molar-refractivity contribution in [2.75, 3.05) is 0 Å². The molecule has 0 heterocycles. The van der Waals surface area contributed by atoms with Gasteiger partial charge in [-0.15, -0.1) is 0 Å². The van der Waals surface area contributed by atoms with Crippen LogP contribution in [0.3, 0.4) is 0 Å². The molecule has 7 nitrogen and oxygen atoms in total. The molecule has 27 heavy (non-hydrogen) atoms. The largest absolute Gasteiger partial charge is 0.478 e. The van der Waals surface area contributed by atoms with Gasteiger partial charge in [0, 0.05) is 23.3 Å². The van der Waals surface area contributed by atoms with Crippen LogP contribution in [0.2, 0.25) is 0 Å². The number of ether oxygens (including phenoxy) is 1. The van der Waals surface area contributed by atoms with Gasteiger partial charge in [-0.05, 0) is 19.4 Å². The van der Waals surface area contributed by atoms with Gasteiger partial charge in [0.1, 0.15) is 0 Å². The molecule has 0 aliphatic carbocycles. The topological polar surface area (TPSA) is 118 Å². The molecule has 0 amide bonds. The van der Waals surface area contributed by atoms with Gasteiger partial charge in [-0.2, -0.15) is 0 Å². The zero-order valence-electron chi connectivity index (χ0n) is 14.9. The predicted octanol–water partition coefficient (Wildman–Crippen LogP) is 3.00. The lowest BCUT2D eigenvalue weighted by atomic mass is 10.2. The van der Waals surface area contributed by atoms with Gasteiger partial charge in [0.05, 0.1) is 0 Å². The first-order chi connectivity index (χ1) is 12.6. The molecule has 0 bridgehead atoms. The number of benzene rings is 1. The number of hydrogen-bond acceptors (Lipinski definition) is 5. The zero-order chi connectivity index (χ0) is 20.8. The lowest BCUT2D eigenvalue weighted by Gasteiger charge is -2.01. The SMILES string of the molecule is C=C(C)C(=O)OC(=O)C(C)=CC=Cc1ccccc1.O=C(O)/C=C\C(=O)O. The van der Waals surface area contributed by atoms with Crippen LogP contribution in [0.1, 0.15) is 19.4 Å².